The van der Waals surface area contributed by atoms with Crippen molar-refractivity contribution in [1.29, 1.82) is 0 Å². The highest BCUT2D eigenvalue weighted by Crippen LogP contribution is 2.38. The third kappa shape index (κ3) is 3.73. The fourth-order valence-corrected chi connectivity index (χ4v) is 5.45. The largest absolute Gasteiger partial charge is 0.306 e. The first-order valence-electron chi connectivity index (χ1n) is 8.72. The highest BCUT2D eigenvalue weighted by Gasteiger charge is 2.31. The highest BCUT2D eigenvalue weighted by molar-refractivity contribution is 8.15. The fourth-order valence-electron chi connectivity index (χ4n) is 4.15. The van der Waals surface area contributed by atoms with Gasteiger partial charge in [0.25, 0.3) is 0 Å². The van der Waals surface area contributed by atoms with Crippen molar-refractivity contribution in [3.8, 4) is 0 Å². The predicted octanol–water partition coefficient (Wildman–Crippen LogP) is 4.37. The average molecular weight is 307 g/mol. The van der Waals surface area contributed by atoms with Crippen molar-refractivity contribution in [2.45, 2.75) is 69.2 Å². The molecule has 0 amide bonds. The molecule has 21 heavy (non-hydrogen) atoms. The van der Waals surface area contributed by atoms with Crippen molar-refractivity contribution in [3.63, 3.8) is 0 Å². The number of hydrogen-bond donors (Lipinski definition) is 0. The maximum atomic E-state index is 4.95. The molecule has 0 spiro atoms. The molecule has 0 N–H and O–H groups in total. The Balaban J connectivity index is 1.55. The van der Waals surface area contributed by atoms with Crippen LogP contribution in [0.2, 0.25) is 0 Å². The molecule has 3 heteroatoms. The Morgan fingerprint density at radius 2 is 1.95 bits per heavy atom. The molecule has 5 unspecified atom stereocenters. The van der Waals surface area contributed by atoms with Crippen molar-refractivity contribution >= 4 is 16.8 Å². The van der Waals surface area contributed by atoms with E-state index in [-0.39, 0.29) is 0 Å². The van der Waals surface area contributed by atoms with Gasteiger partial charge < -0.3 is 4.90 Å². The predicted molar refractivity (Wildman–Crippen MR) is 94.2 cm³/mol. The topological polar surface area (TPSA) is 15.6 Å². The average Bonchev–Trinajstić information content (AvgIpc) is 2.88. The van der Waals surface area contributed by atoms with Gasteiger partial charge in [0.1, 0.15) is 0 Å². The lowest BCUT2D eigenvalue weighted by Gasteiger charge is -2.36. The van der Waals surface area contributed by atoms with Gasteiger partial charge in [0.15, 0.2) is 0 Å². The Morgan fingerprint density at radius 1 is 1.14 bits per heavy atom. The van der Waals surface area contributed by atoms with Gasteiger partial charge >= 0.3 is 0 Å². The van der Waals surface area contributed by atoms with Crippen LogP contribution in [0.3, 0.4) is 0 Å². The molecule has 3 aliphatic rings. The molecule has 0 aromatic heterocycles. The second-order valence-corrected chi connectivity index (χ2v) is 8.67. The zero-order chi connectivity index (χ0) is 14.8. The molecule has 1 heterocycles. The van der Waals surface area contributed by atoms with E-state index in [0.29, 0.717) is 6.04 Å². The normalized spacial score (nSPS) is 40.6. The van der Waals surface area contributed by atoms with E-state index in [9.17, 15) is 0 Å². The number of nitrogens with zero attached hydrogens (tertiary/aromatic N) is 2. The molecule has 118 valence electrons. The van der Waals surface area contributed by atoms with E-state index in [1.165, 1.54) is 50.0 Å². The number of aliphatic imine (C=N–C) groups is 1. The lowest BCUT2D eigenvalue weighted by atomic mass is 9.77. The summed E-state index contributed by atoms with van der Waals surface area (Å²) < 4.78 is 0. The summed E-state index contributed by atoms with van der Waals surface area (Å²) in [5.41, 5.74) is 0. The van der Waals surface area contributed by atoms with E-state index in [0.717, 1.165) is 23.1 Å². The monoisotopic (exact) mass is 306 g/mol. The summed E-state index contributed by atoms with van der Waals surface area (Å²) in [5, 5.41) is 2.11. The van der Waals surface area contributed by atoms with Crippen LogP contribution in [-0.2, 0) is 0 Å². The van der Waals surface area contributed by atoms with Crippen LogP contribution in [0.4, 0.5) is 0 Å². The molecular formula is C18H30N2S. The van der Waals surface area contributed by atoms with Gasteiger partial charge in [0.2, 0.25) is 0 Å². The van der Waals surface area contributed by atoms with Gasteiger partial charge in [-0.25, -0.2) is 0 Å². The summed E-state index contributed by atoms with van der Waals surface area (Å²) in [7, 11) is 4.44. The van der Waals surface area contributed by atoms with Crippen LogP contribution < -0.4 is 0 Å². The summed E-state index contributed by atoms with van der Waals surface area (Å²) in [6, 6.07) is 1.41. The van der Waals surface area contributed by atoms with E-state index in [4.69, 9.17) is 4.99 Å². The molecular weight excluding hydrogens is 276 g/mol. The standard InChI is InChI=1S/C18H30N2S/c1-13-12-15(20(2)3)10-8-14(13)9-11-18-19-16-6-4-5-7-17(16)21-18/h9,11,13-17H,4-8,10,12H2,1-3H3. The smallest absolute Gasteiger partial charge is 0.0908 e. The van der Waals surface area contributed by atoms with Gasteiger partial charge in [0.05, 0.1) is 11.1 Å². The Bertz CT molecular complexity index is 415. The Hall–Kier alpha value is -0.280. The first-order valence-corrected chi connectivity index (χ1v) is 9.60. The SMILES string of the molecule is CC1CC(N(C)C)CCC1C=CC1=NC2CCCCC2S1. The minimum atomic E-state index is 0.630. The third-order valence-corrected chi connectivity index (χ3v) is 6.99. The summed E-state index contributed by atoms with van der Waals surface area (Å²) in [5.74, 6) is 1.56. The number of fused-ring (bicyclic) bond motifs is 1. The molecule has 1 aliphatic heterocycles. The molecule has 5 atom stereocenters. The van der Waals surface area contributed by atoms with Crippen LogP contribution in [0.25, 0.3) is 0 Å². The van der Waals surface area contributed by atoms with Crippen LogP contribution in [0.1, 0.15) is 51.9 Å². The second-order valence-electron chi connectivity index (χ2n) is 7.41. The van der Waals surface area contributed by atoms with E-state index in [1.54, 1.807) is 0 Å². The van der Waals surface area contributed by atoms with Gasteiger partial charge in [-0.05, 0) is 64.1 Å². The maximum Gasteiger partial charge on any atom is 0.0908 e. The van der Waals surface area contributed by atoms with E-state index < -0.39 is 0 Å². The van der Waals surface area contributed by atoms with Gasteiger partial charge in [-0.1, -0.05) is 25.8 Å². The van der Waals surface area contributed by atoms with Gasteiger partial charge in [0, 0.05) is 11.3 Å². The zero-order valence-electron chi connectivity index (χ0n) is 13.8. The van der Waals surface area contributed by atoms with E-state index in [1.807, 2.05) is 11.8 Å². The Labute approximate surface area is 134 Å². The van der Waals surface area contributed by atoms with Crippen molar-refractivity contribution < 1.29 is 0 Å². The minimum absolute atomic E-state index is 0.630. The van der Waals surface area contributed by atoms with Crippen molar-refractivity contribution in [2.24, 2.45) is 16.8 Å². The van der Waals surface area contributed by atoms with Crippen LogP contribution in [-0.4, -0.2) is 41.4 Å². The van der Waals surface area contributed by atoms with Crippen molar-refractivity contribution in [2.75, 3.05) is 14.1 Å². The Morgan fingerprint density at radius 3 is 2.67 bits per heavy atom. The molecule has 2 saturated carbocycles. The minimum Gasteiger partial charge on any atom is -0.306 e. The summed E-state index contributed by atoms with van der Waals surface area (Å²) in [6.07, 6.45) is 14.3. The summed E-state index contributed by atoms with van der Waals surface area (Å²) >= 11 is 2.04. The lowest BCUT2D eigenvalue weighted by Crippen LogP contribution is -2.35. The van der Waals surface area contributed by atoms with Crippen molar-refractivity contribution in [1.82, 2.24) is 4.90 Å². The molecule has 0 aromatic carbocycles. The molecule has 2 fully saturated rings. The quantitative estimate of drug-likeness (QED) is 0.769. The number of allylic oxidation sites excluding steroid dienone is 1. The van der Waals surface area contributed by atoms with Crippen LogP contribution in [0, 0.1) is 11.8 Å². The highest BCUT2D eigenvalue weighted by atomic mass is 32.2. The number of hydrogen-bond acceptors (Lipinski definition) is 3. The summed E-state index contributed by atoms with van der Waals surface area (Å²) in [4.78, 5) is 7.35. The lowest BCUT2D eigenvalue weighted by molar-refractivity contribution is 0.165. The third-order valence-electron chi connectivity index (χ3n) is 5.66. The first-order chi connectivity index (χ1) is 10.1. The molecule has 2 nitrogen and oxygen atoms in total. The molecule has 2 aliphatic carbocycles. The van der Waals surface area contributed by atoms with Gasteiger partial charge in [-0.3, -0.25) is 4.99 Å². The molecule has 3 rings (SSSR count). The maximum absolute atomic E-state index is 4.95. The fraction of sp³-hybridized carbons (Fsp3) is 0.833. The molecule has 0 bridgehead atoms. The summed E-state index contributed by atoms with van der Waals surface area (Å²) in [6.45, 7) is 2.42. The van der Waals surface area contributed by atoms with Crippen LogP contribution in [0.15, 0.2) is 17.1 Å². The van der Waals surface area contributed by atoms with Crippen LogP contribution in [0.5, 0.6) is 0 Å². The zero-order valence-corrected chi connectivity index (χ0v) is 14.6. The Kier molecular flexibility index (Phi) is 5.11. The van der Waals surface area contributed by atoms with Crippen LogP contribution >= 0.6 is 11.8 Å². The van der Waals surface area contributed by atoms with Crippen molar-refractivity contribution in [3.05, 3.63) is 12.2 Å². The van der Waals surface area contributed by atoms with Gasteiger partial charge in [-0.15, -0.1) is 11.8 Å². The second kappa shape index (κ2) is 6.87. The first kappa shape index (κ1) is 15.6. The van der Waals surface area contributed by atoms with E-state index in [2.05, 4.69) is 38.1 Å². The molecule has 0 saturated heterocycles. The molecule has 0 aromatic rings. The molecule has 0 radical (unpaired) electrons. The van der Waals surface area contributed by atoms with E-state index >= 15 is 0 Å². The number of thioether (sulfide) groups is 1. The van der Waals surface area contributed by atoms with Gasteiger partial charge in [-0.2, -0.15) is 0 Å². The number of rotatable bonds is 3.